The summed E-state index contributed by atoms with van der Waals surface area (Å²) in [5.74, 6) is 0.556. The molecule has 0 aliphatic carbocycles. The van der Waals surface area contributed by atoms with Crippen molar-refractivity contribution in [2.75, 3.05) is 18.1 Å². The van der Waals surface area contributed by atoms with E-state index in [0.717, 1.165) is 5.56 Å². The van der Waals surface area contributed by atoms with Crippen LogP contribution in [0.5, 0.6) is 0 Å². The van der Waals surface area contributed by atoms with E-state index in [1.807, 2.05) is 37.3 Å². The minimum Gasteiger partial charge on any atom is -0.391 e. The van der Waals surface area contributed by atoms with Gasteiger partial charge in [-0.15, -0.1) is 0 Å². The van der Waals surface area contributed by atoms with Gasteiger partial charge in [0.1, 0.15) is 0 Å². The summed E-state index contributed by atoms with van der Waals surface area (Å²) in [6.45, 7) is 2.37. The van der Waals surface area contributed by atoms with Gasteiger partial charge in [0, 0.05) is 12.6 Å². The molecule has 1 aromatic carbocycles. The lowest BCUT2D eigenvalue weighted by atomic mass is 10.0. The maximum atomic E-state index is 11.5. The number of sulfone groups is 1. The molecule has 2 N–H and O–H groups in total. The van der Waals surface area contributed by atoms with Gasteiger partial charge < -0.3 is 10.4 Å². The third-order valence-corrected chi connectivity index (χ3v) is 5.47. The fourth-order valence-corrected chi connectivity index (χ4v) is 4.69. The van der Waals surface area contributed by atoms with Crippen molar-refractivity contribution in [1.29, 1.82) is 0 Å². The van der Waals surface area contributed by atoms with E-state index in [1.165, 1.54) is 0 Å². The highest BCUT2D eigenvalue weighted by atomic mass is 32.2. The first-order valence-electron chi connectivity index (χ1n) is 6.62. The molecular weight excluding hydrogens is 262 g/mol. The molecule has 1 unspecified atom stereocenters. The second-order valence-corrected chi connectivity index (χ2v) is 7.57. The van der Waals surface area contributed by atoms with Crippen LogP contribution >= 0.6 is 0 Å². The quantitative estimate of drug-likeness (QED) is 0.831. The van der Waals surface area contributed by atoms with Crippen molar-refractivity contribution in [3.63, 3.8) is 0 Å². The zero-order chi connectivity index (χ0) is 13.9. The first-order chi connectivity index (χ1) is 8.96. The van der Waals surface area contributed by atoms with E-state index in [2.05, 4.69) is 5.32 Å². The molecule has 3 atom stereocenters. The third-order valence-electron chi connectivity index (χ3n) is 3.57. The Morgan fingerprint density at radius 2 is 2.00 bits per heavy atom. The van der Waals surface area contributed by atoms with Gasteiger partial charge in [0.15, 0.2) is 9.84 Å². The Labute approximate surface area is 114 Å². The molecule has 1 aliphatic heterocycles. The predicted octanol–water partition coefficient (Wildman–Crippen LogP) is 0.613. The summed E-state index contributed by atoms with van der Waals surface area (Å²) >= 11 is 0. The molecule has 0 amide bonds. The van der Waals surface area contributed by atoms with Gasteiger partial charge in [-0.05, 0) is 17.9 Å². The van der Waals surface area contributed by atoms with E-state index >= 15 is 0 Å². The third kappa shape index (κ3) is 4.30. The number of benzene rings is 1. The van der Waals surface area contributed by atoms with Gasteiger partial charge in [0.2, 0.25) is 0 Å². The lowest BCUT2D eigenvalue weighted by Gasteiger charge is -2.18. The first-order valence-corrected chi connectivity index (χ1v) is 8.44. The van der Waals surface area contributed by atoms with Gasteiger partial charge in [0.25, 0.3) is 0 Å². The molecule has 1 fully saturated rings. The number of aliphatic hydroxyl groups is 1. The average molecular weight is 283 g/mol. The zero-order valence-corrected chi connectivity index (χ0v) is 11.9. The van der Waals surface area contributed by atoms with Gasteiger partial charge in [0.05, 0.1) is 17.6 Å². The van der Waals surface area contributed by atoms with E-state index in [4.69, 9.17) is 0 Å². The minimum absolute atomic E-state index is 0.0320. The number of nitrogens with one attached hydrogen (secondary N) is 1. The minimum atomic E-state index is -2.90. The van der Waals surface area contributed by atoms with Gasteiger partial charge in [-0.3, -0.25) is 0 Å². The smallest absolute Gasteiger partial charge is 0.152 e. The molecule has 1 heterocycles. The highest BCUT2D eigenvalue weighted by Crippen LogP contribution is 2.18. The summed E-state index contributed by atoms with van der Waals surface area (Å²) < 4.78 is 23.0. The van der Waals surface area contributed by atoms with E-state index < -0.39 is 15.9 Å². The van der Waals surface area contributed by atoms with Crippen LogP contribution in [-0.4, -0.2) is 43.7 Å². The molecule has 0 saturated carbocycles. The molecule has 1 aromatic rings. The van der Waals surface area contributed by atoms with Crippen LogP contribution in [0.3, 0.4) is 0 Å². The van der Waals surface area contributed by atoms with Crippen LogP contribution in [0, 0.1) is 5.92 Å². The van der Waals surface area contributed by atoms with Gasteiger partial charge >= 0.3 is 0 Å². The number of rotatable bonds is 5. The fourth-order valence-electron chi connectivity index (χ4n) is 2.53. The summed E-state index contributed by atoms with van der Waals surface area (Å²) in [6.07, 6.45) is 0.0970. The van der Waals surface area contributed by atoms with Gasteiger partial charge in [-0.1, -0.05) is 37.3 Å². The second kappa shape index (κ2) is 6.03. The predicted molar refractivity (Wildman–Crippen MR) is 75.8 cm³/mol. The Balaban J connectivity index is 1.80. The first kappa shape index (κ1) is 14.5. The van der Waals surface area contributed by atoms with E-state index in [9.17, 15) is 13.5 Å². The zero-order valence-electron chi connectivity index (χ0n) is 11.1. The van der Waals surface area contributed by atoms with Crippen molar-refractivity contribution < 1.29 is 13.5 Å². The van der Waals surface area contributed by atoms with Crippen molar-refractivity contribution in [1.82, 2.24) is 5.32 Å². The van der Waals surface area contributed by atoms with Crippen molar-refractivity contribution in [2.24, 2.45) is 5.92 Å². The van der Waals surface area contributed by atoms with Crippen LogP contribution in [0.15, 0.2) is 30.3 Å². The Kier molecular flexibility index (Phi) is 4.60. The normalized spacial score (nSPS) is 27.3. The molecule has 1 aliphatic rings. The van der Waals surface area contributed by atoms with Crippen LogP contribution in [0.2, 0.25) is 0 Å². The lowest BCUT2D eigenvalue weighted by molar-refractivity contribution is 0.166. The Hall–Kier alpha value is -0.910. The van der Waals surface area contributed by atoms with E-state index in [0.29, 0.717) is 13.0 Å². The average Bonchev–Trinajstić information content (AvgIpc) is 2.61. The number of aliphatic hydroxyl groups excluding tert-OH is 1. The number of hydrogen-bond acceptors (Lipinski definition) is 4. The van der Waals surface area contributed by atoms with Crippen LogP contribution in [0.4, 0.5) is 0 Å². The molecule has 4 nitrogen and oxygen atoms in total. The van der Waals surface area contributed by atoms with Crippen molar-refractivity contribution in [3.8, 4) is 0 Å². The molecule has 2 rings (SSSR count). The summed E-state index contributed by atoms with van der Waals surface area (Å²) in [5.41, 5.74) is 1.09. The molecule has 0 radical (unpaired) electrons. The van der Waals surface area contributed by atoms with Crippen molar-refractivity contribution >= 4 is 9.84 Å². The Bertz CT molecular complexity index is 501. The van der Waals surface area contributed by atoms with Crippen LogP contribution < -0.4 is 5.32 Å². The monoisotopic (exact) mass is 283 g/mol. The van der Waals surface area contributed by atoms with Gasteiger partial charge in [-0.2, -0.15) is 0 Å². The largest absolute Gasteiger partial charge is 0.391 e. The van der Waals surface area contributed by atoms with Gasteiger partial charge in [-0.25, -0.2) is 8.42 Å². The topological polar surface area (TPSA) is 66.4 Å². The van der Waals surface area contributed by atoms with Crippen LogP contribution in [0.1, 0.15) is 12.5 Å². The fraction of sp³-hybridized carbons (Fsp3) is 0.571. The maximum absolute atomic E-state index is 11.5. The summed E-state index contributed by atoms with van der Waals surface area (Å²) in [6, 6.07) is 9.76. The van der Waals surface area contributed by atoms with Crippen LogP contribution in [-0.2, 0) is 16.3 Å². The Morgan fingerprint density at radius 1 is 1.32 bits per heavy atom. The molecule has 0 bridgehead atoms. The van der Waals surface area contributed by atoms with Crippen molar-refractivity contribution in [3.05, 3.63) is 35.9 Å². The molecule has 106 valence electrons. The molecular formula is C14H21NO3S. The number of hydrogen-bond donors (Lipinski definition) is 2. The highest BCUT2D eigenvalue weighted by molar-refractivity contribution is 7.91. The molecule has 0 spiro atoms. The lowest BCUT2D eigenvalue weighted by Crippen LogP contribution is -2.40. The second-order valence-electron chi connectivity index (χ2n) is 5.41. The van der Waals surface area contributed by atoms with Crippen LogP contribution in [0.25, 0.3) is 0 Å². The van der Waals surface area contributed by atoms with E-state index in [-0.39, 0.29) is 23.5 Å². The summed E-state index contributed by atoms with van der Waals surface area (Å²) in [5, 5.41) is 13.1. The molecule has 1 saturated heterocycles. The summed E-state index contributed by atoms with van der Waals surface area (Å²) in [4.78, 5) is 0. The van der Waals surface area contributed by atoms with Crippen molar-refractivity contribution in [2.45, 2.75) is 25.5 Å². The summed E-state index contributed by atoms with van der Waals surface area (Å²) in [7, 11) is -2.90. The maximum Gasteiger partial charge on any atom is 0.152 e. The highest BCUT2D eigenvalue weighted by Gasteiger charge is 2.34. The SMILES string of the molecule is C[C@@H]1CS(=O)(=O)C[C@@H]1NCC(O)Cc1ccccc1. The molecule has 0 aromatic heterocycles. The van der Waals surface area contributed by atoms with E-state index in [1.54, 1.807) is 0 Å². The molecule has 5 heteroatoms. The Morgan fingerprint density at radius 3 is 2.58 bits per heavy atom. The standard InChI is InChI=1S/C14H21NO3S/c1-11-9-19(17,18)10-14(11)15-8-13(16)7-12-5-3-2-4-6-12/h2-6,11,13-16H,7-10H2,1H3/t11-,13?,14+/m1/s1. The molecule has 19 heavy (non-hydrogen) atoms.